The first-order chi connectivity index (χ1) is 32.2. The summed E-state index contributed by atoms with van der Waals surface area (Å²) in [4.78, 5) is 21.3. The number of para-hydroxylation sites is 1. The molecule has 0 spiro atoms. The van der Waals surface area contributed by atoms with E-state index in [1.165, 1.54) is 9.10 Å². The minimum Gasteiger partial charge on any atom is -0.497 e. The van der Waals surface area contributed by atoms with Gasteiger partial charge >= 0.3 is 6.09 Å². The number of sulfonamides is 1. The van der Waals surface area contributed by atoms with E-state index in [-0.39, 0.29) is 42.4 Å². The smallest absolute Gasteiger partial charge is 0.410 e. The van der Waals surface area contributed by atoms with E-state index in [9.17, 15) is 4.79 Å². The van der Waals surface area contributed by atoms with Crippen molar-refractivity contribution in [3.63, 3.8) is 0 Å². The third-order valence-corrected chi connectivity index (χ3v) is 14.8. The number of likely N-dealkylation sites (tertiary alicyclic amines) is 1. The predicted molar refractivity (Wildman–Crippen MR) is 260 cm³/mol. The number of fused-ring (bicyclic) bond motifs is 1. The molecule has 0 unspecified atom stereocenters. The summed E-state index contributed by atoms with van der Waals surface area (Å²) in [7, 11) is 0.412. The van der Waals surface area contributed by atoms with Gasteiger partial charge in [0.05, 0.1) is 53.6 Å². The van der Waals surface area contributed by atoms with E-state index in [1.807, 2.05) is 131 Å². The van der Waals surface area contributed by atoms with Crippen molar-refractivity contribution in [2.45, 2.75) is 83.5 Å². The molecule has 16 heteroatoms. The number of methoxy groups -OCH3 is 3. The number of carbonyl (C=O) groups is 1. The molecule has 0 atom stereocenters. The molecule has 14 nitrogen and oxygen atoms in total. The number of ether oxygens (including phenoxy) is 4. The van der Waals surface area contributed by atoms with Gasteiger partial charge in [0.1, 0.15) is 22.8 Å². The van der Waals surface area contributed by atoms with Gasteiger partial charge in [0.15, 0.2) is 0 Å². The molecule has 0 N–H and O–H groups in total. The Balaban J connectivity index is 1.28. The van der Waals surface area contributed by atoms with Crippen LogP contribution < -0.4 is 14.2 Å². The fourth-order valence-corrected chi connectivity index (χ4v) is 11.2. The number of hydrogen-bond donors (Lipinski definition) is 0. The van der Waals surface area contributed by atoms with Gasteiger partial charge in [0, 0.05) is 31.7 Å². The lowest BCUT2D eigenvalue weighted by Crippen LogP contribution is -2.41. The van der Waals surface area contributed by atoms with Gasteiger partial charge in [-0.15, -0.1) is 21.5 Å². The Bertz CT molecular complexity index is 2870. The van der Waals surface area contributed by atoms with E-state index in [1.54, 1.807) is 37.6 Å². The number of thiazole rings is 1. The molecule has 67 heavy (non-hydrogen) atoms. The van der Waals surface area contributed by atoms with Crippen molar-refractivity contribution in [2.75, 3.05) is 34.4 Å². The van der Waals surface area contributed by atoms with Crippen LogP contribution in [0.4, 0.5) is 4.79 Å². The Hall–Kier alpha value is -6.36. The number of tetrazole rings is 1. The molecule has 8 rings (SSSR count). The number of aryl methyl sites for hydroxylation is 2. The Kier molecular flexibility index (Phi) is 14.2. The Morgan fingerprint density at radius 3 is 1.93 bits per heavy atom. The number of benzene rings is 5. The van der Waals surface area contributed by atoms with E-state index in [0.29, 0.717) is 54.1 Å². The third kappa shape index (κ3) is 11.1. The molecule has 1 fully saturated rings. The van der Waals surface area contributed by atoms with E-state index in [2.05, 4.69) is 10.3 Å². The monoisotopic (exact) mass is 943 g/mol. The fraction of sp³-hybridized carbons (Fsp3) is 0.353. The first-order valence-electron chi connectivity index (χ1n) is 22.4. The van der Waals surface area contributed by atoms with Gasteiger partial charge in [-0.2, -0.15) is 9.10 Å². The highest BCUT2D eigenvalue weighted by Gasteiger charge is 2.35. The zero-order chi connectivity index (χ0) is 47.3. The molecule has 1 amide bonds. The molecule has 350 valence electrons. The van der Waals surface area contributed by atoms with Crippen LogP contribution in [-0.4, -0.2) is 88.9 Å². The lowest BCUT2D eigenvalue weighted by molar-refractivity contribution is 0.0181. The number of nitrogens with zero attached hydrogens (tertiary/aromatic N) is 7. The normalized spacial score (nSPS) is 13.6. The molecule has 1 saturated heterocycles. The molecular weight excluding hydrogens is 887 g/mol. The molecule has 0 radical (unpaired) electrons. The summed E-state index contributed by atoms with van der Waals surface area (Å²) in [5.41, 5.74) is 5.02. The quantitative estimate of drug-likeness (QED) is 0.0911. The van der Waals surface area contributed by atoms with Crippen molar-refractivity contribution in [2.24, 2.45) is 5.92 Å². The van der Waals surface area contributed by atoms with Gasteiger partial charge in [-0.25, -0.2) is 18.2 Å². The molecule has 7 aromatic rings. The van der Waals surface area contributed by atoms with Crippen LogP contribution in [-0.2, 0) is 40.8 Å². The molecule has 2 aromatic heterocycles. The second-order valence-electron chi connectivity index (χ2n) is 17.8. The first kappa shape index (κ1) is 47.1. The van der Waals surface area contributed by atoms with Crippen molar-refractivity contribution >= 4 is 37.7 Å². The highest BCUT2D eigenvalue weighted by atomic mass is 32.2. The molecule has 1 aliphatic heterocycles. The summed E-state index contributed by atoms with van der Waals surface area (Å²) in [6.45, 7) is 9.10. The molecule has 1 aliphatic rings. The number of piperidine rings is 1. The zero-order valence-corrected chi connectivity index (χ0v) is 40.7. The van der Waals surface area contributed by atoms with Gasteiger partial charge in [-0.3, -0.25) is 0 Å². The summed E-state index contributed by atoms with van der Waals surface area (Å²) >= 11 is 1.58. The lowest BCUT2D eigenvalue weighted by Gasteiger charge is -2.33. The number of carbonyl (C=O) groups excluding carboxylic acids is 1. The molecule has 0 aliphatic carbocycles. The summed E-state index contributed by atoms with van der Waals surface area (Å²) < 4.78 is 56.9. The fourth-order valence-electron chi connectivity index (χ4n) is 8.46. The average Bonchev–Trinajstić information content (AvgIpc) is 3.96. The van der Waals surface area contributed by atoms with Crippen LogP contribution in [0.3, 0.4) is 0 Å². The molecular formula is C51H57N7O7S2. The zero-order valence-electron chi connectivity index (χ0n) is 39.1. The van der Waals surface area contributed by atoms with Gasteiger partial charge in [0.2, 0.25) is 15.8 Å². The van der Waals surface area contributed by atoms with Gasteiger partial charge in [-0.1, -0.05) is 60.7 Å². The molecule has 5 aromatic carbocycles. The van der Waals surface area contributed by atoms with E-state index in [4.69, 9.17) is 29.0 Å². The summed E-state index contributed by atoms with van der Waals surface area (Å²) in [6, 6.07) is 32.4. The average molecular weight is 944 g/mol. The third-order valence-electron chi connectivity index (χ3n) is 11.9. The second-order valence-corrected chi connectivity index (χ2v) is 20.9. The predicted octanol–water partition coefficient (Wildman–Crippen LogP) is 9.97. The SMILES string of the molecule is COc1ccc(CN(Cc2ccc(OC)cc2)S(=O)(=O)c2c(CCC3CCN(C(=O)OC(C)(C)C)CC3)ccc(-c3cccc4sc(C)nc34)c2-c2nnn(Cc3ccc(OC)cc3)n2)cc1. The largest absolute Gasteiger partial charge is 0.497 e. The minimum atomic E-state index is -4.41. The standard InChI is InChI=1S/C51H57N7O7S2/c1-34-52-47-44(9-8-10-45(47)66-34)43-26-19-39(18-11-35-27-29-56(30-28-35)50(59)65-51(2,3)4)48(46(43)49-53-55-58(54-49)33-38-16-24-42(64-7)25-17-38)67(60,61)57(31-36-12-20-40(62-5)21-13-36)32-37-14-22-41(63-6)23-15-37/h8-10,12-17,19-26,35H,11,18,27-33H2,1-7H3. The van der Waals surface area contributed by atoms with E-state index in [0.717, 1.165) is 56.1 Å². The van der Waals surface area contributed by atoms with Crippen molar-refractivity contribution in [1.82, 2.24) is 34.4 Å². The van der Waals surface area contributed by atoms with Crippen molar-refractivity contribution in [3.05, 3.63) is 130 Å². The summed E-state index contributed by atoms with van der Waals surface area (Å²) in [5.74, 6) is 2.46. The Morgan fingerprint density at radius 2 is 1.36 bits per heavy atom. The lowest BCUT2D eigenvalue weighted by atomic mass is 9.89. The highest BCUT2D eigenvalue weighted by Crippen LogP contribution is 2.43. The van der Waals surface area contributed by atoms with Crippen LogP contribution in [0, 0.1) is 12.8 Å². The Labute approximate surface area is 396 Å². The van der Waals surface area contributed by atoms with Crippen LogP contribution >= 0.6 is 11.3 Å². The topological polar surface area (TPSA) is 151 Å². The summed E-state index contributed by atoms with van der Waals surface area (Å²) in [5, 5.41) is 15.0. The van der Waals surface area contributed by atoms with Gasteiger partial charge < -0.3 is 23.8 Å². The number of hydrogen-bond acceptors (Lipinski definition) is 12. The van der Waals surface area contributed by atoms with Crippen molar-refractivity contribution in [1.29, 1.82) is 0 Å². The number of aromatic nitrogens is 5. The van der Waals surface area contributed by atoms with Crippen molar-refractivity contribution in [3.8, 4) is 39.8 Å². The van der Waals surface area contributed by atoms with E-state index < -0.39 is 15.6 Å². The van der Waals surface area contributed by atoms with Gasteiger partial charge in [0.25, 0.3) is 0 Å². The van der Waals surface area contributed by atoms with Crippen LogP contribution in [0.2, 0.25) is 0 Å². The second kappa shape index (κ2) is 20.2. The van der Waals surface area contributed by atoms with Crippen LogP contribution in [0.5, 0.6) is 17.2 Å². The maximum Gasteiger partial charge on any atom is 0.410 e. The summed E-state index contributed by atoms with van der Waals surface area (Å²) in [6.07, 6.45) is 2.35. The highest BCUT2D eigenvalue weighted by molar-refractivity contribution is 7.89. The number of amides is 1. The van der Waals surface area contributed by atoms with E-state index >= 15 is 8.42 Å². The number of rotatable bonds is 16. The first-order valence-corrected chi connectivity index (χ1v) is 24.6. The van der Waals surface area contributed by atoms with Crippen LogP contribution in [0.25, 0.3) is 32.7 Å². The molecule has 0 saturated carbocycles. The Morgan fingerprint density at radius 1 is 0.776 bits per heavy atom. The van der Waals surface area contributed by atoms with Crippen LogP contribution in [0.1, 0.15) is 67.3 Å². The maximum absolute atomic E-state index is 16.2. The van der Waals surface area contributed by atoms with Gasteiger partial charge in [-0.05, 0) is 135 Å². The molecule has 3 heterocycles. The maximum atomic E-state index is 16.2. The molecule has 0 bridgehead atoms. The van der Waals surface area contributed by atoms with Crippen molar-refractivity contribution < 1.29 is 32.2 Å². The van der Waals surface area contributed by atoms with Crippen LogP contribution in [0.15, 0.2) is 108 Å². The minimum absolute atomic E-state index is 0.0586.